The van der Waals surface area contributed by atoms with Crippen molar-refractivity contribution in [3.63, 3.8) is 0 Å². The maximum atomic E-state index is 12.8. The van der Waals surface area contributed by atoms with Crippen molar-refractivity contribution in [3.05, 3.63) is 97.1 Å². The van der Waals surface area contributed by atoms with Gasteiger partial charge in [0.1, 0.15) is 13.2 Å². The molecule has 2 bridgehead atoms. The van der Waals surface area contributed by atoms with Crippen LogP contribution in [0.5, 0.6) is 0 Å². The molecule has 3 aliphatic carbocycles. The first-order valence-corrected chi connectivity index (χ1v) is 22.7. The average molecular weight is 917 g/mol. The van der Waals surface area contributed by atoms with Gasteiger partial charge in [0.25, 0.3) is 0 Å². The molecular formula is C47H71B3N4O12. The van der Waals surface area contributed by atoms with Gasteiger partial charge < -0.3 is 59.3 Å². The number of likely N-dealkylation sites (tertiary alicyclic amines) is 2. The van der Waals surface area contributed by atoms with Gasteiger partial charge in [-0.15, -0.1) is 0 Å². The summed E-state index contributed by atoms with van der Waals surface area (Å²) in [4.78, 5) is 51.3. The fourth-order valence-corrected chi connectivity index (χ4v) is 9.45. The number of carbonyl (C=O) groups is 4. The highest BCUT2D eigenvalue weighted by Gasteiger charge is 2.68. The summed E-state index contributed by atoms with van der Waals surface area (Å²) in [5.41, 5.74) is 1.85. The third-order valence-corrected chi connectivity index (χ3v) is 13.6. The van der Waals surface area contributed by atoms with E-state index in [2.05, 4.69) is 44.6 Å². The third kappa shape index (κ3) is 14.0. The molecule has 8 rings (SSSR count). The zero-order valence-corrected chi connectivity index (χ0v) is 38.4. The number of alkyl carbamates (subject to hydrolysis) is 2. The van der Waals surface area contributed by atoms with Crippen molar-refractivity contribution in [3.8, 4) is 0 Å². The van der Waals surface area contributed by atoms with Gasteiger partial charge in [-0.05, 0) is 98.2 Å². The Hall–Kier alpha value is -4.65. The predicted molar refractivity (Wildman–Crippen MR) is 254 cm³/mol. The van der Waals surface area contributed by atoms with E-state index in [0.717, 1.165) is 30.4 Å². The van der Waals surface area contributed by atoms with Crippen LogP contribution in [0.2, 0.25) is 6.32 Å². The Morgan fingerprint density at radius 1 is 0.818 bits per heavy atom. The quantitative estimate of drug-likeness (QED) is 0.103. The Balaban J connectivity index is 0.000000260. The number of hydrogen-bond acceptors (Lipinski definition) is 12. The minimum Gasteiger partial charge on any atom is -0.447 e. The molecule has 0 radical (unpaired) electrons. The van der Waals surface area contributed by atoms with Crippen LogP contribution in [0.4, 0.5) is 9.59 Å². The molecule has 8 atom stereocenters. The molecule has 3 saturated heterocycles. The van der Waals surface area contributed by atoms with Crippen LogP contribution in [0.1, 0.15) is 78.9 Å². The van der Waals surface area contributed by atoms with Crippen LogP contribution in [0.15, 0.2) is 86.0 Å². The SMILES string of the molecule is C.C=CC(=O)N1CC[C@H]1COC(=O)N[C@@H](Cc1ccccc1)B(O)O.C=CC(=O)N1CC[C@H]1COC(=O)N[C@@H](Cc1ccccc1)B1O[C@@H]2C[C@@H]3C[C@@H](C3(C)C)[C@]2(C)O1.CC(C)CB(O)O. The van der Waals surface area contributed by atoms with Crippen LogP contribution < -0.4 is 10.6 Å². The number of nitrogens with zero attached hydrogens (tertiary/aromatic N) is 2. The van der Waals surface area contributed by atoms with Crippen molar-refractivity contribution in [1.82, 2.24) is 20.4 Å². The summed E-state index contributed by atoms with van der Waals surface area (Å²) in [5.74, 6) is -0.107. The highest BCUT2D eigenvalue weighted by Crippen LogP contribution is 2.65. The summed E-state index contributed by atoms with van der Waals surface area (Å²) >= 11 is 0. The highest BCUT2D eigenvalue weighted by atomic mass is 16.7. The molecule has 2 aromatic rings. The number of carbonyl (C=O) groups excluding carboxylic acids is 4. The number of ether oxygens (including phenoxy) is 2. The van der Waals surface area contributed by atoms with Crippen LogP contribution >= 0.6 is 0 Å². The van der Waals surface area contributed by atoms with E-state index in [-0.39, 0.29) is 74.0 Å². The molecule has 3 saturated carbocycles. The van der Waals surface area contributed by atoms with Crippen LogP contribution in [-0.2, 0) is 41.2 Å². The lowest BCUT2D eigenvalue weighted by molar-refractivity contribution is -0.199. The zero-order chi connectivity index (χ0) is 47.5. The van der Waals surface area contributed by atoms with Crippen LogP contribution in [0.25, 0.3) is 0 Å². The smallest absolute Gasteiger partial charge is 0.447 e. The lowest BCUT2D eigenvalue weighted by Crippen LogP contribution is -2.65. The van der Waals surface area contributed by atoms with E-state index in [1.807, 2.05) is 74.5 Å². The molecule has 360 valence electrons. The summed E-state index contributed by atoms with van der Waals surface area (Å²) in [5, 5.41) is 40.9. The molecule has 3 heterocycles. The fourth-order valence-electron chi connectivity index (χ4n) is 9.45. The molecule has 19 heteroatoms. The number of nitrogens with one attached hydrogen (secondary N) is 2. The van der Waals surface area contributed by atoms with Gasteiger partial charge in [-0.3, -0.25) is 9.59 Å². The molecule has 6 aliphatic rings. The Morgan fingerprint density at radius 3 is 1.73 bits per heavy atom. The second-order valence-corrected chi connectivity index (χ2v) is 18.8. The summed E-state index contributed by atoms with van der Waals surface area (Å²) in [7, 11) is -3.37. The van der Waals surface area contributed by atoms with E-state index in [4.69, 9.17) is 28.8 Å². The van der Waals surface area contributed by atoms with Gasteiger partial charge in [-0.1, -0.05) is 109 Å². The molecule has 2 aromatic carbocycles. The molecule has 16 nitrogen and oxygen atoms in total. The van der Waals surface area contributed by atoms with Crippen LogP contribution in [0, 0.1) is 23.2 Å². The number of benzene rings is 2. The Bertz CT molecular complexity index is 1910. The second-order valence-electron chi connectivity index (χ2n) is 18.8. The molecular weight excluding hydrogens is 845 g/mol. The molecule has 4 amide bonds. The first-order valence-electron chi connectivity index (χ1n) is 22.7. The summed E-state index contributed by atoms with van der Waals surface area (Å²) in [6.45, 7) is 19.2. The van der Waals surface area contributed by atoms with Gasteiger partial charge in [0.2, 0.25) is 11.8 Å². The standard InChI is InChI=1S/C26H35BN2O5.C16H21BN2O5.C4H11BO2.CH4/c1-5-23(30)29-12-11-19(29)16-32-24(31)28-22(13-17-9-7-6-8-10-17)27-33-21-15-18-14-20(25(18,2)3)26(21,4)34-27;1-2-15(20)19-9-8-13(19)11-24-16(21)18-14(17(22)23)10-12-6-4-3-5-7-12;1-4(2)3-5(6)7;/h5-10,18-22H,1,11-16H2,2-4H3,(H,28,31);2-7,13-14,22-23H,1,8-11H2,(H,18,21);4,6-7H,3H2,1-2H3;1H4/t18-,19-,20-,21+,22-,26-;13-,14-;;/m00../s1. The van der Waals surface area contributed by atoms with Crippen molar-refractivity contribution < 1.29 is 58.1 Å². The van der Waals surface area contributed by atoms with Gasteiger partial charge in [-0.2, -0.15) is 0 Å². The molecule has 0 spiro atoms. The normalized spacial score (nSPS) is 24.8. The largest absolute Gasteiger partial charge is 0.482 e. The Labute approximate surface area is 391 Å². The average Bonchev–Trinajstić information content (AvgIpc) is 3.60. The highest BCUT2D eigenvalue weighted by molar-refractivity contribution is 6.48. The van der Waals surface area contributed by atoms with Gasteiger partial charge >= 0.3 is 33.5 Å². The monoisotopic (exact) mass is 917 g/mol. The van der Waals surface area contributed by atoms with Crippen molar-refractivity contribution in [2.75, 3.05) is 26.3 Å². The molecule has 66 heavy (non-hydrogen) atoms. The first kappa shape index (κ1) is 54.0. The van der Waals surface area contributed by atoms with Crippen molar-refractivity contribution in [2.45, 2.75) is 123 Å². The predicted octanol–water partition coefficient (Wildman–Crippen LogP) is 4.25. The molecule has 3 aliphatic heterocycles. The number of hydrogen-bond donors (Lipinski definition) is 6. The van der Waals surface area contributed by atoms with E-state index < -0.39 is 39.5 Å². The van der Waals surface area contributed by atoms with Gasteiger partial charge in [0, 0.05) is 13.1 Å². The van der Waals surface area contributed by atoms with Crippen LogP contribution in [-0.4, -0.2) is 137 Å². The fraction of sp³-hybridized carbons (Fsp3) is 0.574. The third-order valence-electron chi connectivity index (χ3n) is 13.6. The molecule has 0 aromatic heterocycles. The lowest BCUT2D eigenvalue weighted by Gasteiger charge is -2.64. The number of amides is 4. The zero-order valence-electron chi connectivity index (χ0n) is 38.4. The van der Waals surface area contributed by atoms with E-state index in [1.165, 1.54) is 18.6 Å². The van der Waals surface area contributed by atoms with Crippen LogP contribution in [0.3, 0.4) is 0 Å². The first-order chi connectivity index (χ1) is 30.9. The van der Waals surface area contributed by atoms with Gasteiger partial charge in [0.05, 0.1) is 35.7 Å². The summed E-state index contributed by atoms with van der Waals surface area (Å²) < 4.78 is 23.7. The topological polar surface area (TPSA) is 217 Å². The lowest BCUT2D eigenvalue weighted by atomic mass is 9.43. The Morgan fingerprint density at radius 2 is 1.32 bits per heavy atom. The van der Waals surface area contributed by atoms with Crippen molar-refractivity contribution >= 4 is 45.4 Å². The maximum absolute atomic E-state index is 12.8. The minimum absolute atomic E-state index is 0. The molecule has 0 unspecified atom stereocenters. The summed E-state index contributed by atoms with van der Waals surface area (Å²) in [6.07, 6.45) is 6.34. The second kappa shape index (κ2) is 24.4. The van der Waals surface area contributed by atoms with Crippen molar-refractivity contribution in [2.24, 2.45) is 23.2 Å². The van der Waals surface area contributed by atoms with Crippen molar-refractivity contribution in [1.29, 1.82) is 0 Å². The van der Waals surface area contributed by atoms with E-state index in [0.29, 0.717) is 43.6 Å². The molecule has 6 fully saturated rings. The molecule has 6 N–H and O–H groups in total. The van der Waals surface area contributed by atoms with Gasteiger partial charge in [-0.25, -0.2) is 9.59 Å². The minimum atomic E-state index is -1.71. The summed E-state index contributed by atoms with van der Waals surface area (Å²) in [6, 6.07) is 18.9. The van der Waals surface area contributed by atoms with E-state index in [1.54, 1.807) is 9.80 Å². The maximum Gasteiger partial charge on any atom is 0.482 e. The van der Waals surface area contributed by atoms with Gasteiger partial charge in [0.15, 0.2) is 0 Å². The number of rotatable bonds is 16. The van der Waals surface area contributed by atoms with E-state index in [9.17, 15) is 29.2 Å². The Kier molecular flexibility index (Phi) is 19.9. The van der Waals surface area contributed by atoms with E-state index >= 15 is 0 Å².